The molecule has 0 bridgehead atoms. The Morgan fingerprint density at radius 2 is 1.67 bits per heavy atom. The highest BCUT2D eigenvalue weighted by Crippen LogP contribution is 2.27. The van der Waals surface area contributed by atoms with Crippen LogP contribution in [0.1, 0.15) is 0 Å². The van der Waals surface area contributed by atoms with Gasteiger partial charge >= 0.3 is 0 Å². The Morgan fingerprint density at radius 3 is 2.39 bits per heavy atom. The highest BCUT2D eigenvalue weighted by molar-refractivity contribution is 9.11. The predicted octanol–water partition coefficient (Wildman–Crippen LogP) is 3.53. The van der Waals surface area contributed by atoms with E-state index in [4.69, 9.17) is 5.73 Å². The molecular formula is C12H8Br2N4. The number of anilines is 1. The van der Waals surface area contributed by atoms with Gasteiger partial charge in [0.2, 0.25) is 0 Å². The van der Waals surface area contributed by atoms with Crippen LogP contribution in [0.5, 0.6) is 0 Å². The van der Waals surface area contributed by atoms with Gasteiger partial charge in [0.15, 0.2) is 0 Å². The number of nitrogens with zero attached hydrogens (tertiary/aromatic N) is 3. The molecule has 2 aromatic carbocycles. The van der Waals surface area contributed by atoms with Crippen LogP contribution >= 0.6 is 31.9 Å². The van der Waals surface area contributed by atoms with E-state index in [1.54, 1.807) is 4.80 Å². The van der Waals surface area contributed by atoms with Crippen LogP contribution in [0.25, 0.3) is 16.7 Å². The zero-order chi connectivity index (χ0) is 12.7. The molecule has 0 aliphatic heterocycles. The van der Waals surface area contributed by atoms with E-state index in [0.717, 1.165) is 25.7 Å². The normalized spacial score (nSPS) is 11.0. The number of nitrogens with two attached hydrogens (primary N) is 1. The first-order chi connectivity index (χ1) is 8.65. The third-order valence-corrected chi connectivity index (χ3v) is 3.94. The first kappa shape index (κ1) is 11.7. The summed E-state index contributed by atoms with van der Waals surface area (Å²) in [6.07, 6.45) is 0. The highest BCUT2D eigenvalue weighted by atomic mass is 79.9. The molecule has 0 spiro atoms. The number of fused-ring (bicyclic) bond motifs is 1. The Morgan fingerprint density at radius 1 is 0.944 bits per heavy atom. The first-order valence-corrected chi connectivity index (χ1v) is 6.81. The molecule has 3 rings (SSSR count). The number of rotatable bonds is 1. The monoisotopic (exact) mass is 366 g/mol. The topological polar surface area (TPSA) is 56.7 Å². The molecule has 0 fully saturated rings. The number of benzene rings is 2. The average molecular weight is 368 g/mol. The molecule has 0 saturated heterocycles. The zero-order valence-electron chi connectivity index (χ0n) is 9.14. The van der Waals surface area contributed by atoms with E-state index in [-0.39, 0.29) is 0 Å². The molecule has 1 heterocycles. The van der Waals surface area contributed by atoms with Gasteiger partial charge in [-0.1, -0.05) is 15.9 Å². The smallest absolute Gasteiger partial charge is 0.129 e. The average Bonchev–Trinajstić information content (AvgIpc) is 2.80. The van der Waals surface area contributed by atoms with Gasteiger partial charge in [-0.05, 0) is 52.3 Å². The van der Waals surface area contributed by atoms with Crippen LogP contribution < -0.4 is 5.73 Å². The summed E-state index contributed by atoms with van der Waals surface area (Å²) in [5.74, 6) is 0. The molecule has 0 aliphatic rings. The van der Waals surface area contributed by atoms with Crippen LogP contribution in [0.4, 0.5) is 5.69 Å². The molecule has 0 atom stereocenters. The molecule has 0 radical (unpaired) electrons. The van der Waals surface area contributed by atoms with E-state index in [2.05, 4.69) is 42.1 Å². The molecular weight excluding hydrogens is 360 g/mol. The van der Waals surface area contributed by atoms with Gasteiger partial charge in [-0.25, -0.2) is 0 Å². The van der Waals surface area contributed by atoms with Gasteiger partial charge in [0.05, 0.1) is 10.2 Å². The maximum atomic E-state index is 5.82. The third kappa shape index (κ3) is 1.91. The minimum Gasteiger partial charge on any atom is -0.398 e. The van der Waals surface area contributed by atoms with Gasteiger partial charge in [0.1, 0.15) is 11.0 Å². The van der Waals surface area contributed by atoms with E-state index in [9.17, 15) is 0 Å². The molecule has 0 saturated carbocycles. The molecule has 2 N–H and O–H groups in total. The van der Waals surface area contributed by atoms with Crippen LogP contribution in [0.2, 0.25) is 0 Å². The van der Waals surface area contributed by atoms with Crippen molar-refractivity contribution in [3.05, 3.63) is 45.3 Å². The van der Waals surface area contributed by atoms with Gasteiger partial charge in [-0.2, -0.15) is 4.80 Å². The van der Waals surface area contributed by atoms with Crippen molar-refractivity contribution >= 4 is 48.6 Å². The van der Waals surface area contributed by atoms with E-state index >= 15 is 0 Å². The van der Waals surface area contributed by atoms with Crippen molar-refractivity contribution < 1.29 is 0 Å². The molecule has 0 unspecified atom stereocenters. The van der Waals surface area contributed by atoms with Gasteiger partial charge in [0, 0.05) is 10.2 Å². The Bertz CT molecular complexity index is 719. The molecule has 90 valence electrons. The second-order valence-corrected chi connectivity index (χ2v) is 5.51. The first-order valence-electron chi connectivity index (χ1n) is 5.22. The summed E-state index contributed by atoms with van der Waals surface area (Å²) in [5, 5.41) is 8.86. The minimum absolute atomic E-state index is 0.658. The lowest BCUT2D eigenvalue weighted by atomic mass is 10.3. The maximum absolute atomic E-state index is 5.82. The number of hydrogen-bond donors (Lipinski definition) is 1. The maximum Gasteiger partial charge on any atom is 0.129 e. The van der Waals surface area contributed by atoms with Crippen LogP contribution in [-0.2, 0) is 0 Å². The van der Waals surface area contributed by atoms with Crippen LogP contribution in [0.15, 0.2) is 45.3 Å². The summed E-state index contributed by atoms with van der Waals surface area (Å²) in [6.45, 7) is 0. The summed E-state index contributed by atoms with van der Waals surface area (Å²) >= 11 is 6.83. The largest absolute Gasteiger partial charge is 0.398 e. The standard InChI is InChI=1S/C12H8Br2N4/c13-7-1-3-8(4-2-7)18-16-10-6-5-9(15)11(14)12(10)17-18/h1-6H,15H2. The van der Waals surface area contributed by atoms with Crippen LogP contribution in [-0.4, -0.2) is 15.0 Å². The molecule has 4 nitrogen and oxygen atoms in total. The fourth-order valence-electron chi connectivity index (χ4n) is 1.65. The van der Waals surface area contributed by atoms with Gasteiger partial charge in [-0.3, -0.25) is 0 Å². The lowest BCUT2D eigenvalue weighted by molar-refractivity contribution is 0.765. The lowest BCUT2D eigenvalue weighted by Gasteiger charge is -1.98. The van der Waals surface area contributed by atoms with Gasteiger partial charge in [0.25, 0.3) is 0 Å². The summed E-state index contributed by atoms with van der Waals surface area (Å²) in [7, 11) is 0. The van der Waals surface area contributed by atoms with Crippen molar-refractivity contribution in [2.45, 2.75) is 0 Å². The Kier molecular flexibility index (Phi) is 2.83. The molecule has 18 heavy (non-hydrogen) atoms. The Labute approximate surface area is 120 Å². The van der Waals surface area contributed by atoms with Crippen molar-refractivity contribution in [3.8, 4) is 5.69 Å². The summed E-state index contributed by atoms with van der Waals surface area (Å²) in [4.78, 5) is 1.60. The van der Waals surface area contributed by atoms with Crippen molar-refractivity contribution in [2.24, 2.45) is 0 Å². The number of halogens is 2. The SMILES string of the molecule is Nc1ccc2nn(-c3ccc(Br)cc3)nc2c1Br. The Balaban J connectivity index is 2.19. The van der Waals surface area contributed by atoms with Crippen molar-refractivity contribution in [1.82, 2.24) is 15.0 Å². The number of aromatic nitrogens is 3. The molecule has 0 aliphatic carbocycles. The third-order valence-electron chi connectivity index (χ3n) is 2.58. The molecule has 6 heteroatoms. The van der Waals surface area contributed by atoms with E-state index in [1.165, 1.54) is 0 Å². The van der Waals surface area contributed by atoms with E-state index in [1.807, 2.05) is 36.4 Å². The number of nitrogen functional groups attached to an aromatic ring is 1. The second-order valence-electron chi connectivity index (χ2n) is 3.80. The zero-order valence-corrected chi connectivity index (χ0v) is 12.3. The summed E-state index contributed by atoms with van der Waals surface area (Å²) in [6, 6.07) is 11.5. The second kappa shape index (κ2) is 4.37. The quantitative estimate of drug-likeness (QED) is 0.669. The predicted molar refractivity (Wildman–Crippen MR) is 78.7 cm³/mol. The van der Waals surface area contributed by atoms with Crippen molar-refractivity contribution in [3.63, 3.8) is 0 Å². The van der Waals surface area contributed by atoms with Gasteiger partial charge in [-0.15, -0.1) is 10.2 Å². The Hall–Kier alpha value is -1.40. The molecule has 3 aromatic rings. The minimum atomic E-state index is 0.658. The van der Waals surface area contributed by atoms with E-state index < -0.39 is 0 Å². The lowest BCUT2D eigenvalue weighted by Crippen LogP contribution is -1.97. The number of hydrogen-bond acceptors (Lipinski definition) is 3. The molecule has 0 amide bonds. The fraction of sp³-hybridized carbons (Fsp3) is 0. The van der Waals surface area contributed by atoms with Gasteiger partial charge < -0.3 is 5.73 Å². The highest BCUT2D eigenvalue weighted by Gasteiger charge is 2.09. The van der Waals surface area contributed by atoms with Crippen molar-refractivity contribution in [1.29, 1.82) is 0 Å². The molecule has 1 aromatic heterocycles. The van der Waals surface area contributed by atoms with Crippen LogP contribution in [0, 0.1) is 0 Å². The summed E-state index contributed by atoms with van der Waals surface area (Å²) < 4.78 is 1.80. The fourth-order valence-corrected chi connectivity index (χ4v) is 2.33. The van der Waals surface area contributed by atoms with Crippen LogP contribution in [0.3, 0.4) is 0 Å². The van der Waals surface area contributed by atoms with E-state index in [0.29, 0.717) is 5.69 Å². The summed E-state index contributed by atoms with van der Waals surface area (Å²) in [5.41, 5.74) is 8.95. The van der Waals surface area contributed by atoms with Crippen molar-refractivity contribution in [2.75, 3.05) is 5.73 Å².